The average Bonchev–Trinajstić information content (AvgIpc) is 3.07. The SMILES string of the molecule is CCC(=O)Oc1ccccc1N1CC[C@H](NC(=O)OCc2ccccc2)C1=O. The van der Waals surface area contributed by atoms with Crippen LogP contribution >= 0.6 is 0 Å². The fourth-order valence-corrected chi connectivity index (χ4v) is 2.92. The summed E-state index contributed by atoms with van der Waals surface area (Å²) in [6.45, 7) is 2.24. The molecule has 0 saturated carbocycles. The number of benzene rings is 2. The summed E-state index contributed by atoms with van der Waals surface area (Å²) in [6, 6.07) is 15.5. The van der Waals surface area contributed by atoms with Crippen LogP contribution in [0.25, 0.3) is 0 Å². The van der Waals surface area contributed by atoms with Crippen LogP contribution in [0, 0.1) is 0 Å². The third kappa shape index (κ3) is 4.68. The number of ether oxygens (including phenoxy) is 2. The molecule has 7 heteroatoms. The molecule has 0 radical (unpaired) electrons. The predicted octanol–water partition coefficient (Wildman–Crippen LogP) is 3.03. The Balaban J connectivity index is 1.60. The molecular weight excluding hydrogens is 360 g/mol. The van der Waals surface area contributed by atoms with E-state index in [4.69, 9.17) is 9.47 Å². The van der Waals surface area contributed by atoms with Crippen molar-refractivity contribution in [3.8, 4) is 5.75 Å². The molecule has 2 aromatic carbocycles. The highest BCUT2D eigenvalue weighted by Gasteiger charge is 2.35. The Kier molecular flexibility index (Phi) is 6.26. The van der Waals surface area contributed by atoms with Crippen LogP contribution in [-0.2, 0) is 20.9 Å². The third-order valence-corrected chi connectivity index (χ3v) is 4.38. The first-order chi connectivity index (χ1) is 13.6. The Labute approximate surface area is 163 Å². The smallest absolute Gasteiger partial charge is 0.408 e. The zero-order valence-corrected chi connectivity index (χ0v) is 15.6. The van der Waals surface area contributed by atoms with Gasteiger partial charge in [0.05, 0.1) is 5.69 Å². The van der Waals surface area contributed by atoms with Crippen molar-refractivity contribution in [2.24, 2.45) is 0 Å². The van der Waals surface area contributed by atoms with Gasteiger partial charge < -0.3 is 19.7 Å². The zero-order chi connectivity index (χ0) is 19.9. The monoisotopic (exact) mass is 382 g/mol. The standard InChI is InChI=1S/C21H22N2O5/c1-2-19(24)28-18-11-7-6-10-17(18)23-13-12-16(20(23)25)22-21(26)27-14-15-8-4-3-5-9-15/h3-11,16H,2,12-14H2,1H3,(H,22,26)/t16-/m0/s1. The number of para-hydroxylation sites is 2. The van der Waals surface area contributed by atoms with E-state index in [0.29, 0.717) is 24.4 Å². The highest BCUT2D eigenvalue weighted by molar-refractivity contribution is 6.02. The molecular formula is C21H22N2O5. The van der Waals surface area contributed by atoms with E-state index in [-0.39, 0.29) is 24.9 Å². The lowest BCUT2D eigenvalue weighted by Crippen LogP contribution is -2.41. The van der Waals surface area contributed by atoms with Crippen LogP contribution in [0.4, 0.5) is 10.5 Å². The Morgan fingerprint density at radius 3 is 2.57 bits per heavy atom. The van der Waals surface area contributed by atoms with E-state index in [2.05, 4.69) is 5.32 Å². The lowest BCUT2D eigenvalue weighted by Gasteiger charge is -2.20. The van der Waals surface area contributed by atoms with Gasteiger partial charge in [0, 0.05) is 13.0 Å². The zero-order valence-electron chi connectivity index (χ0n) is 15.6. The number of hydrogen-bond donors (Lipinski definition) is 1. The summed E-state index contributed by atoms with van der Waals surface area (Å²) >= 11 is 0. The lowest BCUT2D eigenvalue weighted by atomic mass is 10.2. The van der Waals surface area contributed by atoms with E-state index in [1.54, 1.807) is 31.2 Å². The second kappa shape index (κ2) is 9.03. The van der Waals surface area contributed by atoms with Crippen molar-refractivity contribution in [3.05, 3.63) is 60.2 Å². The van der Waals surface area contributed by atoms with E-state index in [1.807, 2.05) is 30.3 Å². The van der Waals surface area contributed by atoms with E-state index >= 15 is 0 Å². The van der Waals surface area contributed by atoms with Crippen LogP contribution in [0.15, 0.2) is 54.6 Å². The Morgan fingerprint density at radius 1 is 1.11 bits per heavy atom. The van der Waals surface area contributed by atoms with Gasteiger partial charge >= 0.3 is 12.1 Å². The number of amides is 2. The molecule has 2 aromatic rings. The quantitative estimate of drug-likeness (QED) is 0.613. The fourth-order valence-electron chi connectivity index (χ4n) is 2.92. The number of hydrogen-bond acceptors (Lipinski definition) is 5. The molecule has 1 heterocycles. The number of carbonyl (C=O) groups excluding carboxylic acids is 3. The highest BCUT2D eigenvalue weighted by atomic mass is 16.5. The maximum Gasteiger partial charge on any atom is 0.408 e. The Bertz CT molecular complexity index is 853. The lowest BCUT2D eigenvalue weighted by molar-refractivity contribution is -0.134. The van der Waals surface area contributed by atoms with E-state index in [9.17, 15) is 14.4 Å². The summed E-state index contributed by atoms with van der Waals surface area (Å²) in [5.41, 5.74) is 1.37. The largest absolute Gasteiger partial charge is 0.445 e. The molecule has 1 atom stereocenters. The summed E-state index contributed by atoms with van der Waals surface area (Å²) in [5.74, 6) is -0.315. The molecule has 1 aliphatic rings. The molecule has 28 heavy (non-hydrogen) atoms. The van der Waals surface area contributed by atoms with Crippen LogP contribution in [0.5, 0.6) is 5.75 Å². The summed E-state index contributed by atoms with van der Waals surface area (Å²) in [4.78, 5) is 37.9. The van der Waals surface area contributed by atoms with Crippen LogP contribution < -0.4 is 15.0 Å². The summed E-state index contributed by atoms with van der Waals surface area (Å²) < 4.78 is 10.5. The average molecular weight is 382 g/mol. The number of nitrogens with zero attached hydrogens (tertiary/aromatic N) is 1. The van der Waals surface area contributed by atoms with E-state index in [1.165, 1.54) is 4.90 Å². The number of carbonyl (C=O) groups is 3. The van der Waals surface area contributed by atoms with Gasteiger partial charge in [0.15, 0.2) is 5.75 Å². The molecule has 0 aliphatic carbocycles. The van der Waals surface area contributed by atoms with Crippen molar-refractivity contribution in [3.63, 3.8) is 0 Å². The van der Waals surface area contributed by atoms with Gasteiger partial charge in [-0.3, -0.25) is 9.59 Å². The summed E-state index contributed by atoms with van der Waals surface area (Å²) in [5, 5.41) is 2.61. The molecule has 1 N–H and O–H groups in total. The maximum absolute atomic E-state index is 12.7. The first-order valence-electron chi connectivity index (χ1n) is 9.16. The van der Waals surface area contributed by atoms with Crippen LogP contribution in [0.1, 0.15) is 25.3 Å². The van der Waals surface area contributed by atoms with Gasteiger partial charge in [0.2, 0.25) is 5.91 Å². The van der Waals surface area contributed by atoms with Gasteiger partial charge in [-0.15, -0.1) is 0 Å². The number of anilines is 1. The molecule has 7 nitrogen and oxygen atoms in total. The molecule has 1 fully saturated rings. The van der Waals surface area contributed by atoms with Gasteiger partial charge in [-0.25, -0.2) is 4.79 Å². The topological polar surface area (TPSA) is 84.9 Å². The minimum absolute atomic E-state index is 0.132. The number of alkyl carbamates (subject to hydrolysis) is 1. The summed E-state index contributed by atoms with van der Waals surface area (Å²) in [6.07, 6.45) is 0.0319. The van der Waals surface area contributed by atoms with Crippen molar-refractivity contribution < 1.29 is 23.9 Å². The maximum atomic E-state index is 12.7. The van der Waals surface area contributed by atoms with Crippen LogP contribution in [0.3, 0.4) is 0 Å². The third-order valence-electron chi connectivity index (χ3n) is 4.38. The molecule has 3 rings (SSSR count). The van der Waals surface area contributed by atoms with Crippen molar-refractivity contribution >= 4 is 23.7 Å². The van der Waals surface area contributed by atoms with Crippen molar-refractivity contribution in [1.82, 2.24) is 5.32 Å². The van der Waals surface area contributed by atoms with Gasteiger partial charge in [-0.1, -0.05) is 49.4 Å². The second-order valence-corrected chi connectivity index (χ2v) is 6.33. The minimum atomic E-state index is -0.682. The van der Waals surface area contributed by atoms with Crippen LogP contribution in [-0.4, -0.2) is 30.6 Å². The number of esters is 1. The van der Waals surface area contributed by atoms with Gasteiger partial charge in [-0.2, -0.15) is 0 Å². The molecule has 1 saturated heterocycles. The predicted molar refractivity (Wildman–Crippen MR) is 103 cm³/mol. The summed E-state index contributed by atoms with van der Waals surface area (Å²) in [7, 11) is 0. The van der Waals surface area contributed by atoms with Gasteiger partial charge in [0.25, 0.3) is 0 Å². The Morgan fingerprint density at radius 2 is 1.82 bits per heavy atom. The molecule has 0 aromatic heterocycles. The van der Waals surface area contributed by atoms with Crippen molar-refractivity contribution in [1.29, 1.82) is 0 Å². The van der Waals surface area contributed by atoms with Gasteiger partial charge in [-0.05, 0) is 24.1 Å². The molecule has 2 amide bonds. The van der Waals surface area contributed by atoms with Crippen molar-refractivity contribution in [2.45, 2.75) is 32.4 Å². The molecule has 146 valence electrons. The second-order valence-electron chi connectivity index (χ2n) is 6.33. The van der Waals surface area contributed by atoms with E-state index < -0.39 is 12.1 Å². The highest BCUT2D eigenvalue weighted by Crippen LogP contribution is 2.31. The molecule has 0 spiro atoms. The van der Waals surface area contributed by atoms with Gasteiger partial charge in [0.1, 0.15) is 12.6 Å². The molecule has 0 unspecified atom stereocenters. The number of nitrogens with one attached hydrogen (secondary N) is 1. The van der Waals surface area contributed by atoms with Crippen LogP contribution in [0.2, 0.25) is 0 Å². The Hall–Kier alpha value is -3.35. The fraction of sp³-hybridized carbons (Fsp3) is 0.286. The molecule has 0 bridgehead atoms. The number of rotatable bonds is 6. The molecule has 1 aliphatic heterocycles. The van der Waals surface area contributed by atoms with Crippen molar-refractivity contribution in [2.75, 3.05) is 11.4 Å². The first-order valence-corrected chi connectivity index (χ1v) is 9.16. The minimum Gasteiger partial charge on any atom is -0.445 e. The first kappa shape index (κ1) is 19.4. The van der Waals surface area contributed by atoms with E-state index in [0.717, 1.165) is 5.56 Å². The normalized spacial score (nSPS) is 16.0.